The van der Waals surface area contributed by atoms with Crippen LogP contribution in [0, 0.1) is 0 Å². The van der Waals surface area contributed by atoms with Crippen LogP contribution in [0.5, 0.6) is 0 Å². The van der Waals surface area contributed by atoms with Gasteiger partial charge >= 0.3 is 0 Å². The Morgan fingerprint density at radius 1 is 0.857 bits per heavy atom. The zero-order valence-electron chi connectivity index (χ0n) is 14.6. The molecule has 0 radical (unpaired) electrons. The fraction of sp³-hybridized carbons (Fsp3) is 1.00. The van der Waals surface area contributed by atoms with Crippen LogP contribution in [-0.2, 0) is 0 Å². The molecule has 0 aromatic carbocycles. The minimum atomic E-state index is 0.683. The number of rotatable bonds is 8. The molecular weight excluding hydrogens is 256 g/mol. The van der Waals surface area contributed by atoms with Gasteiger partial charge in [0.05, 0.1) is 0 Å². The summed E-state index contributed by atoms with van der Waals surface area (Å²) in [6.07, 6.45) is 18.9. The minimum Gasteiger partial charge on any atom is -0.317 e. The summed E-state index contributed by atoms with van der Waals surface area (Å²) in [5.74, 6) is 0. The van der Waals surface area contributed by atoms with Crippen molar-refractivity contribution in [1.29, 1.82) is 0 Å². The maximum atomic E-state index is 3.37. The van der Waals surface area contributed by atoms with Gasteiger partial charge in [0.15, 0.2) is 0 Å². The molecule has 1 N–H and O–H groups in total. The lowest BCUT2D eigenvalue weighted by Crippen LogP contribution is -2.45. The summed E-state index contributed by atoms with van der Waals surface area (Å²) in [5.41, 5.74) is 0. The smallest absolute Gasteiger partial charge is 0.00981 e. The van der Waals surface area contributed by atoms with Gasteiger partial charge < -0.3 is 5.32 Å². The molecule has 0 heterocycles. The lowest BCUT2D eigenvalue weighted by atomic mass is 9.88. The molecule has 21 heavy (non-hydrogen) atoms. The normalized spacial score (nSPS) is 23.6. The Bertz CT molecular complexity index is 236. The van der Waals surface area contributed by atoms with Gasteiger partial charge in [-0.05, 0) is 59.0 Å². The van der Waals surface area contributed by atoms with Crippen LogP contribution in [0.15, 0.2) is 0 Å². The van der Waals surface area contributed by atoms with Crippen molar-refractivity contribution in [3.63, 3.8) is 0 Å². The van der Waals surface area contributed by atoms with E-state index in [-0.39, 0.29) is 0 Å². The standard InChI is InChI=1S/C19H38N2/c1-17(20-2)11-9-10-16-21(18-12-5-3-6-13-18)19-14-7-4-8-15-19/h17-20H,3-16H2,1-2H3. The topological polar surface area (TPSA) is 15.3 Å². The fourth-order valence-corrected chi connectivity index (χ4v) is 4.38. The number of unbranched alkanes of at least 4 members (excludes halogenated alkanes) is 1. The summed E-state index contributed by atoms with van der Waals surface area (Å²) in [5, 5.41) is 3.37. The van der Waals surface area contributed by atoms with Gasteiger partial charge in [-0.15, -0.1) is 0 Å². The monoisotopic (exact) mass is 294 g/mol. The summed E-state index contributed by atoms with van der Waals surface area (Å²) in [4.78, 5) is 2.96. The highest BCUT2D eigenvalue weighted by Crippen LogP contribution is 2.30. The largest absolute Gasteiger partial charge is 0.317 e. The third-order valence-corrected chi connectivity index (χ3v) is 5.88. The quantitative estimate of drug-likeness (QED) is 0.651. The van der Waals surface area contributed by atoms with Crippen molar-refractivity contribution in [3.05, 3.63) is 0 Å². The Morgan fingerprint density at radius 2 is 1.38 bits per heavy atom. The van der Waals surface area contributed by atoms with Gasteiger partial charge in [-0.25, -0.2) is 0 Å². The highest BCUT2D eigenvalue weighted by molar-refractivity contribution is 4.83. The first-order valence-electron chi connectivity index (χ1n) is 9.74. The van der Waals surface area contributed by atoms with Crippen molar-refractivity contribution in [3.8, 4) is 0 Å². The van der Waals surface area contributed by atoms with Gasteiger partial charge in [0.25, 0.3) is 0 Å². The molecule has 0 aromatic rings. The molecule has 0 saturated heterocycles. The van der Waals surface area contributed by atoms with E-state index in [9.17, 15) is 0 Å². The maximum Gasteiger partial charge on any atom is 0.00981 e. The van der Waals surface area contributed by atoms with Crippen molar-refractivity contribution < 1.29 is 0 Å². The molecule has 2 heteroatoms. The van der Waals surface area contributed by atoms with E-state index in [1.54, 1.807) is 0 Å². The van der Waals surface area contributed by atoms with Crippen LogP contribution in [0.3, 0.4) is 0 Å². The Morgan fingerprint density at radius 3 is 1.86 bits per heavy atom. The van der Waals surface area contributed by atoms with E-state index in [2.05, 4.69) is 24.2 Å². The molecule has 0 bridgehead atoms. The Kier molecular flexibility index (Phi) is 8.10. The van der Waals surface area contributed by atoms with E-state index in [1.807, 2.05) is 0 Å². The molecule has 2 aliphatic rings. The molecule has 2 rings (SSSR count). The van der Waals surface area contributed by atoms with Crippen molar-refractivity contribution in [2.24, 2.45) is 0 Å². The fourth-order valence-electron chi connectivity index (χ4n) is 4.38. The van der Waals surface area contributed by atoms with Crippen LogP contribution >= 0.6 is 0 Å². The maximum absolute atomic E-state index is 3.37. The average molecular weight is 295 g/mol. The van der Waals surface area contributed by atoms with E-state index in [0.717, 1.165) is 12.1 Å². The molecule has 0 aromatic heterocycles. The Labute approximate surface area is 133 Å². The van der Waals surface area contributed by atoms with Crippen LogP contribution in [0.25, 0.3) is 0 Å². The molecular formula is C19H38N2. The summed E-state index contributed by atoms with van der Waals surface area (Å²) in [6, 6.07) is 2.52. The zero-order valence-corrected chi connectivity index (χ0v) is 14.6. The first-order chi connectivity index (χ1) is 10.3. The van der Waals surface area contributed by atoms with Crippen molar-refractivity contribution in [2.45, 2.75) is 109 Å². The number of hydrogen-bond acceptors (Lipinski definition) is 2. The lowest BCUT2D eigenvalue weighted by molar-refractivity contribution is 0.0787. The second kappa shape index (κ2) is 9.84. The third-order valence-electron chi connectivity index (χ3n) is 5.88. The second-order valence-corrected chi connectivity index (χ2v) is 7.51. The molecule has 0 amide bonds. The molecule has 2 nitrogen and oxygen atoms in total. The van der Waals surface area contributed by atoms with Crippen LogP contribution in [0.4, 0.5) is 0 Å². The zero-order chi connectivity index (χ0) is 14.9. The van der Waals surface area contributed by atoms with Gasteiger partial charge in [-0.3, -0.25) is 4.90 Å². The first kappa shape index (κ1) is 17.3. The summed E-state index contributed by atoms with van der Waals surface area (Å²) < 4.78 is 0. The first-order valence-corrected chi connectivity index (χ1v) is 9.74. The van der Waals surface area contributed by atoms with E-state index in [1.165, 1.54) is 90.0 Å². The predicted molar refractivity (Wildman–Crippen MR) is 92.8 cm³/mol. The van der Waals surface area contributed by atoms with E-state index in [4.69, 9.17) is 0 Å². The SMILES string of the molecule is CNC(C)CCCCN(C1CCCCC1)C1CCCCC1. The van der Waals surface area contributed by atoms with Gasteiger partial charge in [-0.1, -0.05) is 44.9 Å². The molecule has 124 valence electrons. The minimum absolute atomic E-state index is 0.683. The number of nitrogens with one attached hydrogen (secondary N) is 1. The van der Waals surface area contributed by atoms with Crippen LogP contribution < -0.4 is 5.32 Å². The van der Waals surface area contributed by atoms with E-state index >= 15 is 0 Å². The van der Waals surface area contributed by atoms with Crippen LogP contribution in [0.1, 0.15) is 90.4 Å². The number of hydrogen-bond donors (Lipinski definition) is 1. The van der Waals surface area contributed by atoms with Crippen molar-refractivity contribution >= 4 is 0 Å². The van der Waals surface area contributed by atoms with Crippen molar-refractivity contribution in [2.75, 3.05) is 13.6 Å². The lowest BCUT2D eigenvalue weighted by Gasteiger charge is -2.42. The molecule has 2 fully saturated rings. The highest BCUT2D eigenvalue weighted by atomic mass is 15.2. The van der Waals surface area contributed by atoms with Gasteiger partial charge in [0.1, 0.15) is 0 Å². The Hall–Kier alpha value is -0.0800. The molecule has 2 aliphatic carbocycles. The van der Waals surface area contributed by atoms with Crippen LogP contribution in [0.2, 0.25) is 0 Å². The summed E-state index contributed by atoms with van der Waals surface area (Å²) in [7, 11) is 2.08. The third kappa shape index (κ3) is 5.90. The predicted octanol–water partition coefficient (Wildman–Crippen LogP) is 4.73. The van der Waals surface area contributed by atoms with Gasteiger partial charge in [0.2, 0.25) is 0 Å². The highest BCUT2D eigenvalue weighted by Gasteiger charge is 2.28. The van der Waals surface area contributed by atoms with E-state index in [0.29, 0.717) is 6.04 Å². The van der Waals surface area contributed by atoms with Crippen molar-refractivity contribution in [1.82, 2.24) is 10.2 Å². The van der Waals surface area contributed by atoms with Crippen LogP contribution in [-0.4, -0.2) is 36.6 Å². The number of nitrogens with zero attached hydrogens (tertiary/aromatic N) is 1. The summed E-state index contributed by atoms with van der Waals surface area (Å²) >= 11 is 0. The Balaban J connectivity index is 1.79. The van der Waals surface area contributed by atoms with E-state index < -0.39 is 0 Å². The second-order valence-electron chi connectivity index (χ2n) is 7.51. The van der Waals surface area contributed by atoms with Gasteiger partial charge in [-0.2, -0.15) is 0 Å². The molecule has 0 aliphatic heterocycles. The molecule has 0 spiro atoms. The summed E-state index contributed by atoms with van der Waals surface area (Å²) in [6.45, 7) is 3.67. The molecule has 2 saturated carbocycles. The molecule has 1 atom stereocenters. The van der Waals surface area contributed by atoms with Gasteiger partial charge in [0, 0.05) is 18.1 Å². The average Bonchev–Trinajstić information content (AvgIpc) is 2.56. The molecule has 1 unspecified atom stereocenters.